The standard InChI is InChI=1S/C24H28N4O4/c1-14-19(15(2)32-26-14)17-8-9-18-20-21(17)30-12-11-28(20)22(25-18)16-7-6-10-27(13-16)23(29)31-24(3,4)5/h7-9H,6,10-13H2,1-5H3. The topological polar surface area (TPSA) is 82.6 Å². The molecule has 1 amide bonds. The van der Waals surface area contributed by atoms with E-state index in [4.69, 9.17) is 19.0 Å². The van der Waals surface area contributed by atoms with E-state index in [1.54, 1.807) is 4.90 Å². The van der Waals surface area contributed by atoms with Crippen molar-refractivity contribution >= 4 is 22.7 Å². The highest BCUT2D eigenvalue weighted by molar-refractivity contribution is 5.94. The van der Waals surface area contributed by atoms with E-state index in [-0.39, 0.29) is 6.09 Å². The number of carbonyl (C=O) groups excluding carboxylic acids is 1. The summed E-state index contributed by atoms with van der Waals surface area (Å²) in [4.78, 5) is 19.3. The van der Waals surface area contributed by atoms with Gasteiger partial charge in [0, 0.05) is 17.7 Å². The van der Waals surface area contributed by atoms with Crippen LogP contribution in [0.25, 0.3) is 27.7 Å². The number of hydrogen-bond acceptors (Lipinski definition) is 6. The summed E-state index contributed by atoms with van der Waals surface area (Å²) in [5.41, 5.74) is 5.12. The first-order valence-electron chi connectivity index (χ1n) is 11.0. The van der Waals surface area contributed by atoms with E-state index in [9.17, 15) is 4.79 Å². The summed E-state index contributed by atoms with van der Waals surface area (Å²) in [5.74, 6) is 2.46. The van der Waals surface area contributed by atoms with Crippen molar-refractivity contribution in [3.8, 4) is 16.9 Å². The van der Waals surface area contributed by atoms with Gasteiger partial charge in [0.05, 0.1) is 29.9 Å². The van der Waals surface area contributed by atoms with E-state index in [1.807, 2.05) is 46.8 Å². The predicted octanol–water partition coefficient (Wildman–Crippen LogP) is 4.72. The second kappa shape index (κ2) is 7.39. The summed E-state index contributed by atoms with van der Waals surface area (Å²) in [6.07, 6.45) is 2.66. The Morgan fingerprint density at radius 2 is 2.00 bits per heavy atom. The van der Waals surface area contributed by atoms with Crippen LogP contribution in [0.4, 0.5) is 4.79 Å². The molecule has 32 heavy (non-hydrogen) atoms. The van der Waals surface area contributed by atoms with Gasteiger partial charge in [-0.05, 0) is 53.2 Å². The second-order valence-corrected chi connectivity index (χ2v) is 9.36. The maximum Gasteiger partial charge on any atom is 0.410 e. The Morgan fingerprint density at radius 1 is 1.19 bits per heavy atom. The van der Waals surface area contributed by atoms with E-state index >= 15 is 0 Å². The molecule has 3 aromatic rings. The van der Waals surface area contributed by atoms with Gasteiger partial charge < -0.3 is 23.5 Å². The highest BCUT2D eigenvalue weighted by Gasteiger charge is 2.29. The van der Waals surface area contributed by atoms with Crippen LogP contribution in [0.2, 0.25) is 0 Å². The Morgan fingerprint density at radius 3 is 2.72 bits per heavy atom. The zero-order valence-corrected chi connectivity index (χ0v) is 19.2. The van der Waals surface area contributed by atoms with Gasteiger partial charge in [0.15, 0.2) is 5.75 Å². The van der Waals surface area contributed by atoms with Crippen molar-refractivity contribution in [3.63, 3.8) is 0 Å². The minimum atomic E-state index is -0.521. The van der Waals surface area contributed by atoms with E-state index in [0.717, 1.165) is 57.2 Å². The molecule has 0 bridgehead atoms. The summed E-state index contributed by atoms with van der Waals surface area (Å²) < 4.78 is 19.3. The number of nitrogens with zero attached hydrogens (tertiary/aromatic N) is 4. The molecule has 1 aromatic carbocycles. The lowest BCUT2D eigenvalue weighted by molar-refractivity contribution is 0.0272. The largest absolute Gasteiger partial charge is 0.489 e. The van der Waals surface area contributed by atoms with Crippen LogP contribution in [-0.2, 0) is 11.3 Å². The zero-order chi connectivity index (χ0) is 22.6. The molecule has 0 saturated heterocycles. The number of benzene rings is 1. The third-order valence-corrected chi connectivity index (χ3v) is 5.82. The van der Waals surface area contributed by atoms with Crippen LogP contribution in [0.1, 0.15) is 44.5 Å². The third-order valence-electron chi connectivity index (χ3n) is 5.82. The van der Waals surface area contributed by atoms with Crippen molar-refractivity contribution in [1.82, 2.24) is 19.6 Å². The average molecular weight is 437 g/mol. The fourth-order valence-electron chi connectivity index (χ4n) is 4.49. The zero-order valence-electron chi connectivity index (χ0n) is 19.2. The smallest absolute Gasteiger partial charge is 0.410 e. The Balaban J connectivity index is 1.55. The molecule has 0 N–H and O–H groups in total. The monoisotopic (exact) mass is 436 g/mol. The van der Waals surface area contributed by atoms with E-state index in [0.29, 0.717) is 26.2 Å². The number of carbonyl (C=O) groups is 1. The van der Waals surface area contributed by atoms with Crippen LogP contribution < -0.4 is 4.74 Å². The van der Waals surface area contributed by atoms with Crippen molar-refractivity contribution in [2.24, 2.45) is 0 Å². The van der Waals surface area contributed by atoms with Crippen LogP contribution in [0.15, 0.2) is 22.7 Å². The van der Waals surface area contributed by atoms with Crippen LogP contribution in [0.5, 0.6) is 5.75 Å². The van der Waals surface area contributed by atoms with Crippen molar-refractivity contribution in [3.05, 3.63) is 35.5 Å². The number of hydrogen-bond donors (Lipinski definition) is 0. The van der Waals surface area contributed by atoms with Crippen molar-refractivity contribution in [2.45, 2.75) is 53.2 Å². The maximum atomic E-state index is 12.6. The molecule has 0 spiro atoms. The van der Waals surface area contributed by atoms with Gasteiger partial charge >= 0.3 is 6.09 Å². The first-order valence-corrected chi connectivity index (χ1v) is 11.0. The number of imidazole rings is 1. The van der Waals surface area contributed by atoms with Gasteiger partial charge in [0.25, 0.3) is 0 Å². The fraction of sp³-hybridized carbons (Fsp3) is 0.458. The van der Waals surface area contributed by atoms with Crippen molar-refractivity contribution in [2.75, 3.05) is 19.7 Å². The molecule has 8 heteroatoms. The summed E-state index contributed by atoms with van der Waals surface area (Å²) in [7, 11) is 0. The quantitative estimate of drug-likeness (QED) is 0.578. The molecule has 0 saturated carbocycles. The van der Waals surface area contributed by atoms with E-state index in [1.165, 1.54) is 0 Å². The highest BCUT2D eigenvalue weighted by atomic mass is 16.6. The normalized spacial score (nSPS) is 16.2. The molecule has 0 atom stereocenters. The first kappa shape index (κ1) is 20.6. The Kier molecular flexibility index (Phi) is 4.76. The Bertz CT molecular complexity index is 1230. The van der Waals surface area contributed by atoms with Gasteiger partial charge in [-0.2, -0.15) is 0 Å². The van der Waals surface area contributed by atoms with Crippen LogP contribution in [-0.4, -0.2) is 51.0 Å². The molecule has 4 heterocycles. The van der Waals surface area contributed by atoms with Crippen LogP contribution in [0.3, 0.4) is 0 Å². The van der Waals surface area contributed by atoms with Crippen LogP contribution >= 0.6 is 0 Å². The van der Waals surface area contributed by atoms with Gasteiger partial charge in [0.2, 0.25) is 0 Å². The molecule has 0 unspecified atom stereocenters. The molecule has 2 aromatic heterocycles. The highest BCUT2D eigenvalue weighted by Crippen LogP contribution is 2.42. The molecule has 5 rings (SSSR count). The molecular weight excluding hydrogens is 408 g/mol. The minimum Gasteiger partial charge on any atom is -0.489 e. The van der Waals surface area contributed by atoms with Gasteiger partial charge in [0.1, 0.15) is 29.3 Å². The summed E-state index contributed by atoms with van der Waals surface area (Å²) >= 11 is 0. The fourth-order valence-corrected chi connectivity index (χ4v) is 4.49. The van der Waals surface area contributed by atoms with Crippen molar-refractivity contribution in [1.29, 1.82) is 0 Å². The van der Waals surface area contributed by atoms with Crippen molar-refractivity contribution < 1.29 is 18.8 Å². The molecule has 2 aliphatic heterocycles. The lowest BCUT2D eigenvalue weighted by Gasteiger charge is -2.30. The van der Waals surface area contributed by atoms with Crippen LogP contribution in [0, 0.1) is 13.8 Å². The second-order valence-electron chi connectivity index (χ2n) is 9.36. The molecule has 0 fully saturated rings. The molecule has 168 valence electrons. The Labute approximate surface area is 186 Å². The summed E-state index contributed by atoms with van der Waals surface area (Å²) in [6.45, 7) is 11.9. The number of aromatic nitrogens is 3. The minimum absolute atomic E-state index is 0.289. The van der Waals surface area contributed by atoms with Gasteiger partial charge in [-0.3, -0.25) is 0 Å². The van der Waals surface area contributed by atoms with E-state index < -0.39 is 5.60 Å². The first-order chi connectivity index (χ1) is 15.2. The summed E-state index contributed by atoms with van der Waals surface area (Å²) in [6, 6.07) is 4.04. The van der Waals surface area contributed by atoms with Gasteiger partial charge in [-0.1, -0.05) is 11.2 Å². The average Bonchev–Trinajstić information content (AvgIpc) is 3.29. The number of aryl methyl sites for hydroxylation is 2. The van der Waals surface area contributed by atoms with Gasteiger partial charge in [-0.15, -0.1) is 0 Å². The molecule has 0 aliphatic carbocycles. The van der Waals surface area contributed by atoms with E-state index in [2.05, 4.69) is 15.8 Å². The number of rotatable bonds is 2. The molecule has 2 aliphatic rings. The summed E-state index contributed by atoms with van der Waals surface area (Å²) in [5, 5.41) is 4.11. The third kappa shape index (κ3) is 3.43. The number of ether oxygens (including phenoxy) is 2. The maximum absolute atomic E-state index is 12.6. The Hall–Kier alpha value is -3.29. The predicted molar refractivity (Wildman–Crippen MR) is 121 cm³/mol. The lowest BCUT2D eigenvalue weighted by Crippen LogP contribution is -2.40. The lowest BCUT2D eigenvalue weighted by atomic mass is 10.0. The molecule has 0 radical (unpaired) electrons. The SMILES string of the molecule is Cc1noc(C)c1-c1ccc2nc(C3=CCCN(C(=O)OC(C)(C)C)C3)n3c2c1OCC3. The van der Waals surface area contributed by atoms with Gasteiger partial charge in [-0.25, -0.2) is 9.78 Å². The molecule has 8 nitrogen and oxygen atoms in total. The molecular formula is C24H28N4O4. The number of amides is 1.